The lowest BCUT2D eigenvalue weighted by Crippen LogP contribution is -1.99. The van der Waals surface area contributed by atoms with Gasteiger partial charge < -0.3 is 0 Å². The van der Waals surface area contributed by atoms with Gasteiger partial charge in [0.05, 0.1) is 0 Å². The number of hydrogen-bond donors (Lipinski definition) is 0. The Bertz CT molecular complexity index is 3050. The molecule has 0 aliphatic heterocycles. The van der Waals surface area contributed by atoms with E-state index in [2.05, 4.69) is 159 Å². The molecule has 0 amide bonds. The van der Waals surface area contributed by atoms with Crippen molar-refractivity contribution in [3.8, 4) is 90.1 Å². The molecular weight excluding hydrogens is 757 g/mol. The molecule has 0 fully saturated rings. The van der Waals surface area contributed by atoms with E-state index < -0.39 is 0 Å². The van der Waals surface area contributed by atoms with E-state index >= 15 is 0 Å². The van der Waals surface area contributed by atoms with Gasteiger partial charge in [-0.3, -0.25) is 0 Å². The standard InChI is InChI=1S/2C28H21N3/c1-20-29-27(24-11-6-3-7-12-24)31-28(30-20)26-14-8-13-25(19-26)23-17-15-22(16-18-23)21-9-4-2-5-10-21;1-20-29-27(24-17-15-23(16-18-24)21-9-4-2-5-10-21)31-28(30-20)26-14-8-13-25(19-26)22-11-6-3-7-12-22/h2*2-19H,1H3. The molecule has 296 valence electrons. The highest BCUT2D eigenvalue weighted by Gasteiger charge is 2.12. The third-order valence-corrected chi connectivity index (χ3v) is 10.5. The van der Waals surface area contributed by atoms with Gasteiger partial charge >= 0.3 is 0 Å². The first kappa shape index (κ1) is 39.3. The minimum Gasteiger partial charge on any atom is -0.213 e. The van der Waals surface area contributed by atoms with Gasteiger partial charge in [0.2, 0.25) is 0 Å². The average Bonchev–Trinajstić information content (AvgIpc) is 3.35. The van der Waals surface area contributed by atoms with E-state index in [1.54, 1.807) is 0 Å². The maximum atomic E-state index is 4.79. The Labute approximate surface area is 362 Å². The quantitative estimate of drug-likeness (QED) is 0.152. The van der Waals surface area contributed by atoms with E-state index in [1.807, 2.05) is 92.7 Å². The van der Waals surface area contributed by atoms with Gasteiger partial charge in [-0.1, -0.05) is 206 Å². The lowest BCUT2D eigenvalue weighted by atomic mass is 9.99. The molecule has 2 aromatic heterocycles. The summed E-state index contributed by atoms with van der Waals surface area (Å²) in [5.74, 6) is 4.17. The molecule has 6 nitrogen and oxygen atoms in total. The summed E-state index contributed by atoms with van der Waals surface area (Å²) < 4.78 is 0. The molecule has 0 saturated carbocycles. The van der Waals surface area contributed by atoms with Gasteiger partial charge in [0.1, 0.15) is 11.6 Å². The highest BCUT2D eigenvalue weighted by molar-refractivity contribution is 5.75. The van der Waals surface area contributed by atoms with Crippen LogP contribution in [0.1, 0.15) is 11.6 Å². The minimum absolute atomic E-state index is 0.687. The van der Waals surface area contributed by atoms with Crippen molar-refractivity contribution in [1.82, 2.24) is 29.9 Å². The predicted octanol–water partition coefficient (Wildman–Crippen LogP) is 13.7. The number of nitrogens with zero attached hydrogens (tertiary/aromatic N) is 6. The third-order valence-electron chi connectivity index (χ3n) is 10.5. The Hall–Kier alpha value is -8.22. The number of aromatic nitrogens is 6. The molecule has 0 unspecified atom stereocenters. The van der Waals surface area contributed by atoms with Crippen LogP contribution in [0.2, 0.25) is 0 Å². The molecule has 0 aliphatic carbocycles. The lowest BCUT2D eigenvalue weighted by Gasteiger charge is -2.08. The fourth-order valence-electron chi connectivity index (χ4n) is 7.30. The average molecular weight is 799 g/mol. The summed E-state index contributed by atoms with van der Waals surface area (Å²) in [6.45, 7) is 3.82. The smallest absolute Gasteiger partial charge is 0.163 e. The summed E-state index contributed by atoms with van der Waals surface area (Å²) in [6, 6.07) is 74.8. The molecule has 0 N–H and O–H groups in total. The van der Waals surface area contributed by atoms with Crippen molar-refractivity contribution >= 4 is 0 Å². The van der Waals surface area contributed by atoms with Gasteiger partial charge in [0.15, 0.2) is 23.3 Å². The Morgan fingerprint density at radius 3 is 0.790 bits per heavy atom. The zero-order valence-electron chi connectivity index (χ0n) is 34.5. The lowest BCUT2D eigenvalue weighted by molar-refractivity contribution is 0.991. The second-order valence-corrected chi connectivity index (χ2v) is 14.8. The Kier molecular flexibility index (Phi) is 11.6. The van der Waals surface area contributed by atoms with Gasteiger partial charge in [-0.15, -0.1) is 0 Å². The molecule has 0 spiro atoms. The van der Waals surface area contributed by atoms with Gasteiger partial charge in [-0.05, 0) is 70.5 Å². The normalized spacial score (nSPS) is 10.7. The summed E-state index contributed by atoms with van der Waals surface area (Å²) in [5, 5.41) is 0. The van der Waals surface area contributed by atoms with Crippen LogP contribution in [0.15, 0.2) is 218 Å². The molecule has 62 heavy (non-hydrogen) atoms. The second kappa shape index (κ2) is 18.4. The predicted molar refractivity (Wildman–Crippen MR) is 253 cm³/mol. The van der Waals surface area contributed by atoms with Gasteiger partial charge in [-0.25, -0.2) is 29.9 Å². The number of hydrogen-bond acceptors (Lipinski definition) is 6. The zero-order chi connectivity index (χ0) is 42.1. The fraction of sp³-hybridized carbons (Fsp3) is 0.0357. The topological polar surface area (TPSA) is 77.3 Å². The van der Waals surface area contributed by atoms with Crippen molar-refractivity contribution in [2.45, 2.75) is 13.8 Å². The molecule has 0 saturated heterocycles. The largest absolute Gasteiger partial charge is 0.213 e. The maximum absolute atomic E-state index is 4.79. The monoisotopic (exact) mass is 798 g/mol. The van der Waals surface area contributed by atoms with E-state index in [0.717, 1.165) is 38.9 Å². The van der Waals surface area contributed by atoms with Crippen molar-refractivity contribution in [1.29, 1.82) is 0 Å². The Morgan fingerprint density at radius 2 is 0.419 bits per heavy atom. The van der Waals surface area contributed by atoms with Crippen LogP contribution in [0.3, 0.4) is 0 Å². The molecule has 10 aromatic rings. The summed E-state index contributed by atoms with van der Waals surface area (Å²) in [6.07, 6.45) is 0. The minimum atomic E-state index is 0.687. The van der Waals surface area contributed by atoms with Gasteiger partial charge in [0.25, 0.3) is 0 Å². The Balaban J connectivity index is 0.000000158. The molecule has 0 bridgehead atoms. The second-order valence-electron chi connectivity index (χ2n) is 14.8. The van der Waals surface area contributed by atoms with Crippen LogP contribution in [-0.2, 0) is 0 Å². The number of rotatable bonds is 8. The molecule has 0 atom stereocenters. The van der Waals surface area contributed by atoms with Gasteiger partial charge in [-0.2, -0.15) is 0 Å². The molecule has 0 aliphatic rings. The van der Waals surface area contributed by atoms with Crippen molar-refractivity contribution in [2.24, 2.45) is 0 Å². The van der Waals surface area contributed by atoms with Crippen molar-refractivity contribution in [3.05, 3.63) is 230 Å². The first-order chi connectivity index (χ1) is 30.5. The summed E-state index contributed by atoms with van der Waals surface area (Å²) in [7, 11) is 0. The van der Waals surface area contributed by atoms with E-state index in [1.165, 1.54) is 27.8 Å². The zero-order valence-corrected chi connectivity index (χ0v) is 34.5. The summed E-state index contributed by atoms with van der Waals surface area (Å²) in [4.78, 5) is 27.8. The van der Waals surface area contributed by atoms with Crippen LogP contribution < -0.4 is 0 Å². The first-order valence-electron chi connectivity index (χ1n) is 20.6. The van der Waals surface area contributed by atoms with Crippen molar-refractivity contribution in [2.75, 3.05) is 0 Å². The summed E-state index contributed by atoms with van der Waals surface area (Å²) in [5.41, 5.74) is 13.3. The van der Waals surface area contributed by atoms with Crippen LogP contribution in [0, 0.1) is 13.8 Å². The Morgan fingerprint density at radius 1 is 0.194 bits per heavy atom. The highest BCUT2D eigenvalue weighted by atomic mass is 15.0. The third kappa shape index (κ3) is 9.31. The SMILES string of the molecule is Cc1nc(-c2ccc(-c3ccccc3)cc2)nc(-c2cccc(-c3ccccc3)c2)n1.Cc1nc(-c2ccccc2)nc(-c2cccc(-c3ccc(-c4ccccc4)cc3)c2)n1. The highest BCUT2D eigenvalue weighted by Crippen LogP contribution is 2.30. The summed E-state index contributed by atoms with van der Waals surface area (Å²) >= 11 is 0. The van der Waals surface area contributed by atoms with Crippen molar-refractivity contribution in [3.63, 3.8) is 0 Å². The van der Waals surface area contributed by atoms with E-state index in [9.17, 15) is 0 Å². The van der Waals surface area contributed by atoms with Gasteiger partial charge in [0, 0.05) is 22.3 Å². The van der Waals surface area contributed by atoms with Crippen LogP contribution in [0.25, 0.3) is 90.1 Å². The molecule has 10 rings (SSSR count). The van der Waals surface area contributed by atoms with Crippen LogP contribution in [-0.4, -0.2) is 29.9 Å². The molecule has 6 heteroatoms. The van der Waals surface area contributed by atoms with E-state index in [0.29, 0.717) is 34.9 Å². The maximum Gasteiger partial charge on any atom is 0.163 e. The molecule has 2 heterocycles. The number of aryl methyl sites for hydroxylation is 2. The first-order valence-corrected chi connectivity index (χ1v) is 20.6. The fourth-order valence-corrected chi connectivity index (χ4v) is 7.30. The molecule has 0 radical (unpaired) electrons. The van der Waals surface area contributed by atoms with E-state index in [4.69, 9.17) is 9.97 Å². The van der Waals surface area contributed by atoms with Crippen molar-refractivity contribution < 1.29 is 0 Å². The van der Waals surface area contributed by atoms with E-state index in [-0.39, 0.29) is 0 Å². The molecule has 8 aromatic carbocycles. The van der Waals surface area contributed by atoms with Crippen LogP contribution in [0.5, 0.6) is 0 Å². The number of benzene rings is 8. The van der Waals surface area contributed by atoms with Crippen LogP contribution in [0.4, 0.5) is 0 Å². The molecular formula is C56H42N6. The van der Waals surface area contributed by atoms with Crippen LogP contribution >= 0.6 is 0 Å².